The van der Waals surface area contributed by atoms with Crippen molar-refractivity contribution in [1.82, 2.24) is 9.88 Å². The SMILES string of the molecule is COc1ccc([C@@H]2c3sc(=O)[nH]c3S[C@@H]3[C@H]4C[C@@H]([C@@H]5C(=O)N(CCC(=O)O)C(=O)[C@H]45)[C@H]23)cc1. The Morgan fingerprint density at radius 2 is 1.85 bits per heavy atom. The van der Waals surface area contributed by atoms with Crippen LogP contribution in [-0.4, -0.2) is 51.7 Å². The summed E-state index contributed by atoms with van der Waals surface area (Å²) in [7, 11) is 1.62. The molecule has 0 unspecified atom stereocenters. The van der Waals surface area contributed by atoms with Gasteiger partial charge in [0.25, 0.3) is 0 Å². The number of aromatic nitrogens is 1. The Labute approximate surface area is 197 Å². The number of imide groups is 1. The highest BCUT2D eigenvalue weighted by Crippen LogP contribution is 2.68. The molecule has 1 saturated heterocycles. The van der Waals surface area contributed by atoms with Crippen LogP contribution in [0.2, 0.25) is 0 Å². The normalized spacial score (nSPS) is 33.7. The number of carboxylic acid groups (broad SMARTS) is 1. The van der Waals surface area contributed by atoms with Gasteiger partial charge in [0, 0.05) is 22.6 Å². The van der Waals surface area contributed by atoms with Crippen LogP contribution in [0.25, 0.3) is 0 Å². The van der Waals surface area contributed by atoms with Gasteiger partial charge in [-0.25, -0.2) is 0 Å². The molecule has 1 aromatic carbocycles. The highest BCUT2D eigenvalue weighted by molar-refractivity contribution is 8.00. The summed E-state index contributed by atoms with van der Waals surface area (Å²) in [6.07, 6.45) is 0.578. The minimum atomic E-state index is -1.02. The van der Waals surface area contributed by atoms with Gasteiger partial charge in [-0.1, -0.05) is 23.5 Å². The summed E-state index contributed by atoms with van der Waals surface area (Å²) in [5.41, 5.74) is 1.08. The number of hydrogen-bond acceptors (Lipinski definition) is 7. The number of aliphatic carboxylic acids is 1. The number of carboxylic acids is 1. The molecule has 0 spiro atoms. The fourth-order valence-corrected chi connectivity index (χ4v) is 9.58. The third-order valence-corrected chi connectivity index (χ3v) is 10.4. The summed E-state index contributed by atoms with van der Waals surface area (Å²) in [5, 5.41) is 10.0. The van der Waals surface area contributed by atoms with Crippen LogP contribution in [0.1, 0.15) is 29.2 Å². The van der Waals surface area contributed by atoms with Crippen LogP contribution >= 0.6 is 23.1 Å². The predicted molar refractivity (Wildman–Crippen MR) is 120 cm³/mol. The Hall–Kier alpha value is -2.59. The molecule has 8 nitrogen and oxygen atoms in total. The van der Waals surface area contributed by atoms with E-state index in [1.54, 1.807) is 18.9 Å². The predicted octanol–water partition coefficient (Wildman–Crippen LogP) is 2.39. The van der Waals surface area contributed by atoms with E-state index < -0.39 is 11.9 Å². The lowest BCUT2D eigenvalue weighted by molar-refractivity contribution is -0.142. The summed E-state index contributed by atoms with van der Waals surface area (Å²) in [6, 6.07) is 7.87. The van der Waals surface area contributed by atoms with Crippen LogP contribution in [0.5, 0.6) is 5.75 Å². The number of fused-ring (bicyclic) bond motifs is 9. The number of H-pyrrole nitrogens is 1. The molecule has 4 aliphatic rings. The Balaban J connectivity index is 1.40. The molecule has 2 aromatic rings. The zero-order valence-corrected chi connectivity index (χ0v) is 19.4. The average molecular weight is 487 g/mol. The third-order valence-electron chi connectivity index (χ3n) is 7.84. The molecule has 6 rings (SSSR count). The van der Waals surface area contributed by atoms with Gasteiger partial charge < -0.3 is 14.8 Å². The van der Waals surface area contributed by atoms with E-state index in [1.165, 1.54) is 16.2 Å². The Bertz CT molecular complexity index is 1220. The molecular weight excluding hydrogens is 464 g/mol. The molecule has 10 heteroatoms. The lowest BCUT2D eigenvalue weighted by atomic mass is 9.68. The number of aromatic amines is 1. The smallest absolute Gasteiger partial charge is 0.305 e. The van der Waals surface area contributed by atoms with E-state index in [1.807, 2.05) is 24.3 Å². The highest BCUT2D eigenvalue weighted by atomic mass is 32.2. The lowest BCUT2D eigenvalue weighted by Gasteiger charge is -2.43. The molecule has 2 saturated carbocycles. The molecule has 2 amide bonds. The van der Waals surface area contributed by atoms with Gasteiger partial charge in [-0.05, 0) is 41.9 Å². The van der Waals surface area contributed by atoms with Crippen molar-refractivity contribution in [2.24, 2.45) is 29.6 Å². The summed E-state index contributed by atoms with van der Waals surface area (Å²) in [5.74, 6) is -1.32. The number of nitrogens with one attached hydrogen (secondary N) is 1. The maximum absolute atomic E-state index is 13.3. The quantitative estimate of drug-likeness (QED) is 0.623. The van der Waals surface area contributed by atoms with Crippen molar-refractivity contribution >= 4 is 40.9 Å². The first kappa shape index (κ1) is 21.0. The number of benzene rings is 1. The molecule has 3 fully saturated rings. The van der Waals surface area contributed by atoms with Gasteiger partial charge in [0.1, 0.15) is 5.75 Å². The van der Waals surface area contributed by atoms with Gasteiger partial charge in [-0.2, -0.15) is 0 Å². The topological polar surface area (TPSA) is 117 Å². The number of carbonyl (C=O) groups is 3. The lowest BCUT2D eigenvalue weighted by Crippen LogP contribution is -2.42. The zero-order chi connectivity index (χ0) is 23.0. The van der Waals surface area contributed by atoms with Gasteiger partial charge in [0.05, 0.1) is 30.4 Å². The Kier molecular flexibility index (Phi) is 4.74. The number of carbonyl (C=O) groups excluding carboxylic acids is 2. The van der Waals surface area contributed by atoms with E-state index in [-0.39, 0.29) is 64.5 Å². The van der Waals surface area contributed by atoms with Crippen molar-refractivity contribution in [2.45, 2.75) is 29.0 Å². The number of nitrogens with zero attached hydrogens (tertiary/aromatic N) is 1. The first-order valence-corrected chi connectivity index (χ1v) is 12.7. The van der Waals surface area contributed by atoms with Crippen molar-refractivity contribution in [3.63, 3.8) is 0 Å². The van der Waals surface area contributed by atoms with Crippen LogP contribution in [0.15, 0.2) is 34.1 Å². The number of likely N-dealkylation sites (tertiary alicyclic amines) is 1. The van der Waals surface area contributed by atoms with Crippen LogP contribution in [0, 0.1) is 29.6 Å². The van der Waals surface area contributed by atoms with E-state index in [4.69, 9.17) is 9.84 Å². The molecule has 0 radical (unpaired) electrons. The molecule has 2 bridgehead atoms. The number of amides is 2. The minimum Gasteiger partial charge on any atom is -0.497 e. The van der Waals surface area contributed by atoms with Gasteiger partial charge in [0.15, 0.2) is 0 Å². The van der Waals surface area contributed by atoms with Crippen molar-refractivity contribution in [2.75, 3.05) is 13.7 Å². The number of thioether (sulfide) groups is 1. The van der Waals surface area contributed by atoms with Crippen LogP contribution in [-0.2, 0) is 14.4 Å². The van der Waals surface area contributed by atoms with Crippen molar-refractivity contribution in [3.8, 4) is 5.75 Å². The average Bonchev–Trinajstić information content (AvgIpc) is 3.52. The molecule has 1 aromatic heterocycles. The second-order valence-electron chi connectivity index (χ2n) is 9.21. The van der Waals surface area contributed by atoms with E-state index in [0.717, 1.165) is 27.6 Å². The van der Waals surface area contributed by atoms with E-state index in [9.17, 15) is 19.2 Å². The van der Waals surface area contributed by atoms with Crippen LogP contribution in [0.4, 0.5) is 0 Å². The van der Waals surface area contributed by atoms with Crippen LogP contribution in [0.3, 0.4) is 0 Å². The minimum absolute atomic E-state index is 0.0289. The summed E-state index contributed by atoms with van der Waals surface area (Å²) >= 11 is 2.87. The summed E-state index contributed by atoms with van der Waals surface area (Å²) < 4.78 is 5.31. The van der Waals surface area contributed by atoms with E-state index in [2.05, 4.69) is 4.98 Å². The maximum Gasteiger partial charge on any atom is 0.305 e. The number of hydrogen-bond donors (Lipinski definition) is 2. The van der Waals surface area contributed by atoms with Gasteiger partial charge in [-0.15, -0.1) is 11.8 Å². The maximum atomic E-state index is 13.3. The fraction of sp³-hybridized carbons (Fsp3) is 0.478. The Morgan fingerprint density at radius 3 is 2.52 bits per heavy atom. The van der Waals surface area contributed by atoms with Crippen molar-refractivity contribution in [3.05, 3.63) is 44.4 Å². The number of methoxy groups -OCH3 is 1. The van der Waals surface area contributed by atoms with E-state index in [0.29, 0.717) is 0 Å². The second kappa shape index (κ2) is 7.46. The summed E-state index contributed by atoms with van der Waals surface area (Å²) in [6.45, 7) is -0.0650. The first-order valence-electron chi connectivity index (χ1n) is 11.0. The van der Waals surface area contributed by atoms with E-state index >= 15 is 0 Å². The molecule has 7 atom stereocenters. The summed E-state index contributed by atoms with van der Waals surface area (Å²) in [4.78, 5) is 54.9. The second-order valence-corrected chi connectivity index (χ2v) is 11.4. The first-order chi connectivity index (χ1) is 15.9. The fourth-order valence-electron chi connectivity index (χ4n) is 6.69. The molecule has 33 heavy (non-hydrogen) atoms. The monoisotopic (exact) mass is 486 g/mol. The van der Waals surface area contributed by atoms with Gasteiger partial charge >= 0.3 is 10.8 Å². The molecule has 2 N–H and O–H groups in total. The van der Waals surface area contributed by atoms with Crippen molar-refractivity contribution in [1.29, 1.82) is 0 Å². The van der Waals surface area contributed by atoms with Crippen LogP contribution < -0.4 is 9.61 Å². The molecule has 2 aliphatic carbocycles. The van der Waals surface area contributed by atoms with Gasteiger partial charge in [-0.3, -0.25) is 24.1 Å². The van der Waals surface area contributed by atoms with Crippen molar-refractivity contribution < 1.29 is 24.2 Å². The largest absolute Gasteiger partial charge is 0.497 e. The number of thiazole rings is 1. The third kappa shape index (κ3) is 2.96. The molecule has 3 heterocycles. The standard InChI is InChI=1S/C23H22N2O6S2/c1-31-10-4-2-9(3-5-10)14-15-11-8-12(18(15)32-20-19(14)33-23(30)24-20)17-16(11)21(28)25(22(17)29)7-6-13(26)27/h2-5,11-12,14-18H,6-8H2,1H3,(H,24,30)(H,26,27)/t11-,12+,14+,15-,16+,17-,18-/m1/s1. The highest BCUT2D eigenvalue weighted by Gasteiger charge is 2.69. The molecular formula is C23H22N2O6S2. The Morgan fingerprint density at radius 1 is 1.15 bits per heavy atom. The molecule has 172 valence electrons. The number of rotatable bonds is 5. The zero-order valence-electron chi connectivity index (χ0n) is 17.7. The van der Waals surface area contributed by atoms with Gasteiger partial charge in [0.2, 0.25) is 11.8 Å². The number of ether oxygens (including phenoxy) is 1. The molecule has 2 aliphatic heterocycles.